The van der Waals surface area contributed by atoms with E-state index in [0.29, 0.717) is 15.5 Å². The van der Waals surface area contributed by atoms with E-state index in [4.69, 9.17) is 16.7 Å². The van der Waals surface area contributed by atoms with E-state index in [1.807, 2.05) is 0 Å². The zero-order chi connectivity index (χ0) is 12.4. The first-order valence-electron chi connectivity index (χ1n) is 4.84. The summed E-state index contributed by atoms with van der Waals surface area (Å²) in [5, 5.41) is 21.3. The second kappa shape index (κ2) is 4.87. The zero-order valence-electron chi connectivity index (χ0n) is 8.63. The number of halogens is 1. The van der Waals surface area contributed by atoms with Gasteiger partial charge < -0.3 is 10.2 Å². The fourth-order valence-corrected chi connectivity index (χ4v) is 2.53. The Morgan fingerprint density at radius 3 is 2.47 bits per heavy atom. The van der Waals surface area contributed by atoms with Crippen LogP contribution >= 0.6 is 22.9 Å². The highest BCUT2D eigenvalue weighted by Gasteiger charge is 2.19. The minimum absolute atomic E-state index is 0.137. The Morgan fingerprint density at radius 1 is 1.24 bits per heavy atom. The molecule has 2 aromatic rings. The van der Waals surface area contributed by atoms with E-state index >= 15 is 0 Å². The molecule has 3 nitrogen and oxygen atoms in total. The Hall–Kier alpha value is -1.36. The molecule has 0 amide bonds. The van der Waals surface area contributed by atoms with E-state index < -0.39 is 12.1 Å². The Morgan fingerprint density at radius 2 is 1.88 bits per heavy atom. The molecule has 17 heavy (non-hydrogen) atoms. The van der Waals surface area contributed by atoms with Gasteiger partial charge in [0.1, 0.15) is 6.10 Å². The van der Waals surface area contributed by atoms with Gasteiger partial charge in [0.05, 0.1) is 10.4 Å². The van der Waals surface area contributed by atoms with Crippen LogP contribution in [0.3, 0.4) is 0 Å². The molecule has 5 heteroatoms. The quantitative estimate of drug-likeness (QED) is 0.899. The van der Waals surface area contributed by atoms with Crippen LogP contribution in [0.4, 0.5) is 0 Å². The Balaban J connectivity index is 2.36. The monoisotopic (exact) mass is 268 g/mol. The van der Waals surface area contributed by atoms with Crippen molar-refractivity contribution in [2.45, 2.75) is 6.10 Å². The van der Waals surface area contributed by atoms with E-state index in [2.05, 4.69) is 0 Å². The lowest BCUT2D eigenvalue weighted by Gasteiger charge is -2.10. The molecule has 0 spiro atoms. The van der Waals surface area contributed by atoms with Gasteiger partial charge in [-0.15, -0.1) is 11.3 Å². The summed E-state index contributed by atoms with van der Waals surface area (Å²) in [6, 6.07) is 8.17. The average molecular weight is 269 g/mol. The second-order valence-corrected chi connectivity index (χ2v) is 4.84. The largest absolute Gasteiger partial charge is 0.478 e. The summed E-state index contributed by atoms with van der Waals surface area (Å²) in [5.74, 6) is -1.03. The van der Waals surface area contributed by atoms with E-state index in [0.717, 1.165) is 0 Å². The number of hydrogen-bond donors (Lipinski definition) is 2. The van der Waals surface area contributed by atoms with Gasteiger partial charge >= 0.3 is 5.97 Å². The highest BCUT2D eigenvalue weighted by molar-refractivity contribution is 7.10. The van der Waals surface area contributed by atoms with Gasteiger partial charge in [0.25, 0.3) is 0 Å². The first kappa shape index (κ1) is 12.1. The van der Waals surface area contributed by atoms with Crippen molar-refractivity contribution < 1.29 is 15.0 Å². The molecule has 1 atom stereocenters. The number of aliphatic hydroxyl groups is 1. The summed E-state index contributed by atoms with van der Waals surface area (Å²) in [7, 11) is 0. The third-order valence-corrected chi connectivity index (χ3v) is 3.58. The lowest BCUT2D eigenvalue weighted by molar-refractivity contribution is 0.0692. The molecule has 1 aromatic carbocycles. The van der Waals surface area contributed by atoms with Crippen LogP contribution in [-0.2, 0) is 0 Å². The lowest BCUT2D eigenvalue weighted by Crippen LogP contribution is -2.04. The standard InChI is InChI=1S/C12H9ClO3S/c13-8-3-1-7(2-4-8)10(14)11-9(12(15)16)5-6-17-11/h1-6,10,14H,(H,15,16). The van der Waals surface area contributed by atoms with Crippen molar-refractivity contribution in [1.82, 2.24) is 0 Å². The Labute approximate surface area is 107 Å². The first-order valence-corrected chi connectivity index (χ1v) is 6.09. The number of benzene rings is 1. The fraction of sp³-hybridized carbons (Fsp3) is 0.0833. The molecule has 0 saturated heterocycles. The van der Waals surface area contributed by atoms with Crippen LogP contribution in [0.5, 0.6) is 0 Å². The Kier molecular flexibility index (Phi) is 3.47. The maximum absolute atomic E-state index is 10.9. The van der Waals surface area contributed by atoms with Crippen molar-refractivity contribution in [3.63, 3.8) is 0 Å². The smallest absolute Gasteiger partial charge is 0.336 e. The summed E-state index contributed by atoms with van der Waals surface area (Å²) in [6.45, 7) is 0. The molecule has 0 aliphatic rings. The zero-order valence-corrected chi connectivity index (χ0v) is 10.2. The maximum atomic E-state index is 10.9. The molecule has 2 rings (SSSR count). The first-order chi connectivity index (χ1) is 8.09. The van der Waals surface area contributed by atoms with Gasteiger partial charge in [-0.05, 0) is 29.1 Å². The minimum Gasteiger partial charge on any atom is -0.478 e. The molecular weight excluding hydrogens is 260 g/mol. The SMILES string of the molecule is O=C(O)c1ccsc1C(O)c1ccc(Cl)cc1. The summed E-state index contributed by atoms with van der Waals surface area (Å²) in [5.41, 5.74) is 0.761. The van der Waals surface area contributed by atoms with Crippen LogP contribution in [0.1, 0.15) is 26.9 Å². The number of aromatic carboxylic acids is 1. The number of rotatable bonds is 3. The van der Waals surface area contributed by atoms with Crippen LogP contribution in [0.25, 0.3) is 0 Å². The van der Waals surface area contributed by atoms with E-state index in [1.165, 1.54) is 17.4 Å². The predicted octanol–water partition coefficient (Wildman–Crippen LogP) is 3.18. The van der Waals surface area contributed by atoms with Crippen LogP contribution in [0.2, 0.25) is 5.02 Å². The van der Waals surface area contributed by atoms with Crippen LogP contribution in [-0.4, -0.2) is 16.2 Å². The van der Waals surface area contributed by atoms with Gasteiger partial charge in [-0.1, -0.05) is 23.7 Å². The van der Waals surface area contributed by atoms with Crippen LogP contribution in [0.15, 0.2) is 35.7 Å². The van der Waals surface area contributed by atoms with Crippen molar-refractivity contribution >= 4 is 28.9 Å². The number of carboxylic acid groups (broad SMARTS) is 1. The lowest BCUT2D eigenvalue weighted by atomic mass is 10.1. The molecule has 1 aromatic heterocycles. The highest BCUT2D eigenvalue weighted by atomic mass is 35.5. The number of hydrogen-bond acceptors (Lipinski definition) is 3. The van der Waals surface area contributed by atoms with Gasteiger partial charge in [-0.25, -0.2) is 4.79 Å². The highest BCUT2D eigenvalue weighted by Crippen LogP contribution is 2.30. The summed E-state index contributed by atoms with van der Waals surface area (Å²) >= 11 is 6.97. The average Bonchev–Trinajstić information content (AvgIpc) is 2.78. The van der Waals surface area contributed by atoms with Crippen molar-refractivity contribution in [3.8, 4) is 0 Å². The third-order valence-electron chi connectivity index (χ3n) is 2.36. The maximum Gasteiger partial charge on any atom is 0.336 e. The topological polar surface area (TPSA) is 57.5 Å². The molecule has 0 radical (unpaired) electrons. The normalized spacial score (nSPS) is 12.4. The van der Waals surface area contributed by atoms with Crippen molar-refractivity contribution in [2.75, 3.05) is 0 Å². The predicted molar refractivity (Wildman–Crippen MR) is 66.8 cm³/mol. The molecule has 0 saturated carbocycles. The summed E-state index contributed by atoms with van der Waals surface area (Å²) in [4.78, 5) is 11.4. The van der Waals surface area contributed by atoms with Gasteiger partial charge in [-0.3, -0.25) is 0 Å². The molecule has 0 aliphatic heterocycles. The fourth-order valence-electron chi connectivity index (χ4n) is 1.51. The second-order valence-electron chi connectivity index (χ2n) is 3.46. The molecule has 2 N–H and O–H groups in total. The van der Waals surface area contributed by atoms with E-state index in [9.17, 15) is 9.90 Å². The molecule has 88 valence electrons. The minimum atomic E-state index is -1.03. The van der Waals surface area contributed by atoms with Crippen molar-refractivity contribution in [3.05, 3.63) is 56.7 Å². The number of carbonyl (C=O) groups is 1. The van der Waals surface area contributed by atoms with Gasteiger partial charge in [0.15, 0.2) is 0 Å². The molecule has 1 heterocycles. The number of aliphatic hydroxyl groups excluding tert-OH is 1. The third kappa shape index (κ3) is 2.49. The van der Waals surface area contributed by atoms with Gasteiger partial charge in [0.2, 0.25) is 0 Å². The summed E-state index contributed by atoms with van der Waals surface area (Å²) in [6.07, 6.45) is -0.932. The van der Waals surface area contributed by atoms with Crippen molar-refractivity contribution in [2.24, 2.45) is 0 Å². The van der Waals surface area contributed by atoms with E-state index in [-0.39, 0.29) is 5.56 Å². The number of thiophene rings is 1. The van der Waals surface area contributed by atoms with Crippen LogP contribution in [0, 0.1) is 0 Å². The van der Waals surface area contributed by atoms with Gasteiger partial charge in [0, 0.05) is 5.02 Å². The van der Waals surface area contributed by atoms with Crippen LogP contribution < -0.4 is 0 Å². The molecular formula is C12H9ClO3S. The molecule has 0 fully saturated rings. The Bertz CT molecular complexity index is 533. The molecule has 1 unspecified atom stereocenters. The summed E-state index contributed by atoms with van der Waals surface area (Å²) < 4.78 is 0. The van der Waals surface area contributed by atoms with Crippen molar-refractivity contribution in [1.29, 1.82) is 0 Å². The number of carboxylic acids is 1. The molecule has 0 aliphatic carbocycles. The van der Waals surface area contributed by atoms with Gasteiger partial charge in [-0.2, -0.15) is 0 Å². The van der Waals surface area contributed by atoms with E-state index in [1.54, 1.807) is 29.6 Å². The molecule has 0 bridgehead atoms.